The molecule has 1 saturated heterocycles. The number of carbonyl (C=O) groups excluding carboxylic acids is 1. The van der Waals surface area contributed by atoms with Gasteiger partial charge in [0.15, 0.2) is 11.9 Å². The summed E-state index contributed by atoms with van der Waals surface area (Å²) in [6, 6.07) is 0.216. The first-order valence-corrected chi connectivity index (χ1v) is 13.4. The van der Waals surface area contributed by atoms with E-state index >= 15 is 0 Å². The molecule has 1 unspecified atom stereocenters. The second-order valence-corrected chi connectivity index (χ2v) is 11.1. The number of nitrogens with zero attached hydrogens (tertiary/aromatic N) is 4. The summed E-state index contributed by atoms with van der Waals surface area (Å²) >= 11 is 6.13. The maximum atomic E-state index is 12.0. The summed E-state index contributed by atoms with van der Waals surface area (Å²) in [6.45, 7) is -3.05. The number of amides is 1. The highest BCUT2D eigenvalue weighted by atomic mass is 35.5. The van der Waals surface area contributed by atoms with E-state index in [0.717, 1.165) is 25.7 Å². The molecule has 1 amide bonds. The Morgan fingerprint density at radius 1 is 1.30 bits per heavy atom. The topological polar surface area (TPSA) is 245 Å². The number of nitrogens with two attached hydrogens (primary N) is 1. The molecule has 2 aromatic heterocycles. The van der Waals surface area contributed by atoms with Gasteiger partial charge < -0.3 is 50.4 Å². The van der Waals surface area contributed by atoms with Gasteiger partial charge in [-0.2, -0.15) is 15.1 Å². The monoisotopic (exact) mass is 566 g/mol. The van der Waals surface area contributed by atoms with Gasteiger partial charge in [-0.05, 0) is 24.4 Å². The van der Waals surface area contributed by atoms with E-state index < -0.39 is 63.4 Å². The Bertz CT molecular complexity index is 1180. The SMILES string of the molecule is NC(=O)OCC(CO)(OC[C@H]1O[C@@H](n2ncc3c(NC4CCCC4)nc(Cl)nc32)[C@H](O)[C@@H]1O)P(=O)(O)O. The number of rotatable bonds is 10. The lowest BCUT2D eigenvalue weighted by atomic mass is 10.1. The second-order valence-electron chi connectivity index (χ2n) is 8.91. The van der Waals surface area contributed by atoms with Crippen molar-refractivity contribution in [3.05, 3.63) is 11.5 Å². The molecule has 0 aromatic carbocycles. The number of carbonyl (C=O) groups is 1. The predicted octanol–water partition coefficient (Wildman–Crippen LogP) is -0.568. The van der Waals surface area contributed by atoms with Gasteiger partial charge in [-0.25, -0.2) is 9.48 Å². The minimum absolute atomic E-state index is 0.0773. The fraction of sp³-hybridized carbons (Fsp3) is 0.684. The molecule has 5 atom stereocenters. The second kappa shape index (κ2) is 10.9. The lowest BCUT2D eigenvalue weighted by Gasteiger charge is -2.32. The van der Waals surface area contributed by atoms with Gasteiger partial charge in [-0.3, -0.25) is 4.57 Å². The summed E-state index contributed by atoms with van der Waals surface area (Å²) in [5.41, 5.74) is 5.07. The van der Waals surface area contributed by atoms with Gasteiger partial charge in [0, 0.05) is 6.04 Å². The van der Waals surface area contributed by atoms with Gasteiger partial charge in [-0.1, -0.05) is 12.8 Å². The van der Waals surface area contributed by atoms with Gasteiger partial charge in [0.1, 0.15) is 30.7 Å². The first-order valence-electron chi connectivity index (χ1n) is 11.4. The average molecular weight is 567 g/mol. The summed E-state index contributed by atoms with van der Waals surface area (Å²) in [5, 5.41) is 36.2. The van der Waals surface area contributed by atoms with Gasteiger partial charge >= 0.3 is 13.7 Å². The molecule has 0 spiro atoms. The highest BCUT2D eigenvalue weighted by molar-refractivity contribution is 7.53. The number of nitrogens with one attached hydrogen (secondary N) is 1. The molecule has 1 aliphatic carbocycles. The van der Waals surface area contributed by atoms with Crippen molar-refractivity contribution < 1.29 is 48.7 Å². The Labute approximate surface area is 214 Å². The number of hydrogen-bond donors (Lipinski definition) is 7. The van der Waals surface area contributed by atoms with Crippen LogP contribution >= 0.6 is 19.2 Å². The molecule has 16 nitrogen and oxygen atoms in total. The van der Waals surface area contributed by atoms with Crippen molar-refractivity contribution >= 4 is 42.1 Å². The highest BCUT2D eigenvalue weighted by Crippen LogP contribution is 2.51. The van der Waals surface area contributed by atoms with Crippen LogP contribution in [-0.2, 0) is 18.8 Å². The Morgan fingerprint density at radius 3 is 2.62 bits per heavy atom. The first-order chi connectivity index (χ1) is 17.5. The molecule has 2 aliphatic rings. The standard InChI is InChI=1S/C19H28ClN6O10P/c20-17-24-14(23-9-3-1-2-4-9)10-5-22-26(15(10)25-17)16-13(29)12(28)11(36-16)6-35-19(7-27,37(31,32)33)8-34-18(21)30/h5,9,11-13,16,27-29H,1-4,6-8H2,(H2,21,30)(H,23,24,25)(H2,31,32,33)/t11-,12-,13-,16-,19?/m1/s1. The molecule has 1 aliphatic heterocycles. The van der Waals surface area contributed by atoms with Gasteiger partial charge in [0.05, 0.1) is 24.8 Å². The molecule has 206 valence electrons. The van der Waals surface area contributed by atoms with E-state index in [9.17, 15) is 34.5 Å². The van der Waals surface area contributed by atoms with E-state index in [1.54, 1.807) is 0 Å². The van der Waals surface area contributed by atoms with Crippen molar-refractivity contribution in [3.8, 4) is 0 Å². The zero-order valence-electron chi connectivity index (χ0n) is 19.4. The van der Waals surface area contributed by atoms with Gasteiger partial charge in [0.2, 0.25) is 10.6 Å². The maximum Gasteiger partial charge on any atom is 0.404 e. The number of aromatic nitrogens is 4. The third-order valence-electron chi connectivity index (χ3n) is 6.43. The van der Waals surface area contributed by atoms with Crippen LogP contribution in [0.4, 0.5) is 10.6 Å². The Balaban J connectivity index is 1.54. The lowest BCUT2D eigenvalue weighted by Crippen LogP contribution is -2.46. The van der Waals surface area contributed by atoms with Crippen molar-refractivity contribution in [1.82, 2.24) is 19.7 Å². The number of ether oxygens (including phenoxy) is 3. The molecule has 0 radical (unpaired) electrons. The maximum absolute atomic E-state index is 12.0. The van der Waals surface area contributed by atoms with Crippen molar-refractivity contribution in [3.63, 3.8) is 0 Å². The summed E-state index contributed by atoms with van der Waals surface area (Å²) in [5.74, 6) is 0.463. The normalized spacial score (nSPS) is 26.4. The molecule has 1 saturated carbocycles. The third kappa shape index (κ3) is 5.67. The Morgan fingerprint density at radius 2 is 2.00 bits per heavy atom. The minimum atomic E-state index is -5.24. The van der Waals surface area contributed by atoms with Crippen LogP contribution in [0, 0.1) is 0 Å². The van der Waals surface area contributed by atoms with Crippen molar-refractivity contribution in [2.24, 2.45) is 5.73 Å². The molecular weight excluding hydrogens is 539 g/mol. The molecule has 18 heteroatoms. The van der Waals surface area contributed by atoms with Crippen LogP contribution in [0.25, 0.3) is 11.0 Å². The quantitative estimate of drug-likeness (QED) is 0.141. The number of aliphatic hydroxyl groups excluding tert-OH is 3. The largest absolute Gasteiger partial charge is 0.446 e. The van der Waals surface area contributed by atoms with E-state index in [0.29, 0.717) is 11.2 Å². The smallest absolute Gasteiger partial charge is 0.404 e. The molecule has 0 bridgehead atoms. The fourth-order valence-electron chi connectivity index (χ4n) is 4.34. The average Bonchev–Trinajstić information content (AvgIpc) is 3.55. The summed E-state index contributed by atoms with van der Waals surface area (Å²) in [4.78, 5) is 38.8. The first kappa shape index (κ1) is 27.9. The fourth-order valence-corrected chi connectivity index (χ4v) is 5.17. The highest BCUT2D eigenvalue weighted by Gasteiger charge is 2.52. The van der Waals surface area contributed by atoms with Gasteiger partial charge in [-0.15, -0.1) is 0 Å². The molecule has 2 fully saturated rings. The van der Waals surface area contributed by atoms with Crippen LogP contribution in [0.15, 0.2) is 6.20 Å². The van der Waals surface area contributed by atoms with Crippen molar-refractivity contribution in [2.75, 3.05) is 25.1 Å². The third-order valence-corrected chi connectivity index (χ3v) is 8.07. The van der Waals surface area contributed by atoms with Crippen molar-refractivity contribution in [1.29, 1.82) is 0 Å². The van der Waals surface area contributed by atoms with Crippen LogP contribution in [-0.4, -0.2) is 100 Å². The van der Waals surface area contributed by atoms with Crippen LogP contribution in [0.2, 0.25) is 5.28 Å². The van der Waals surface area contributed by atoms with E-state index in [1.807, 2.05) is 0 Å². The molecule has 8 N–H and O–H groups in total. The number of fused-ring (bicyclic) bond motifs is 1. The molecular formula is C19H28ClN6O10P. The van der Waals surface area contributed by atoms with Gasteiger partial charge in [0.25, 0.3) is 0 Å². The van der Waals surface area contributed by atoms with Crippen LogP contribution in [0.1, 0.15) is 31.9 Å². The Hall–Kier alpha value is -2.14. The number of primary amides is 1. The zero-order chi connectivity index (χ0) is 27.0. The molecule has 3 heterocycles. The Kier molecular flexibility index (Phi) is 8.23. The molecule has 4 rings (SSSR count). The summed E-state index contributed by atoms with van der Waals surface area (Å²) in [7, 11) is -5.24. The zero-order valence-corrected chi connectivity index (χ0v) is 21.0. The molecule has 37 heavy (non-hydrogen) atoms. The van der Waals surface area contributed by atoms with Crippen LogP contribution in [0.3, 0.4) is 0 Å². The van der Waals surface area contributed by atoms with E-state index in [-0.39, 0.29) is 17.0 Å². The minimum Gasteiger partial charge on any atom is -0.446 e. The summed E-state index contributed by atoms with van der Waals surface area (Å²) in [6.07, 6.45) is -1.52. The van der Waals surface area contributed by atoms with E-state index in [1.165, 1.54) is 10.9 Å². The number of halogens is 1. The number of aliphatic hydroxyl groups is 3. The van der Waals surface area contributed by atoms with Crippen molar-refractivity contribution in [2.45, 2.75) is 61.6 Å². The number of hydrogen-bond acceptors (Lipinski definition) is 12. The van der Waals surface area contributed by atoms with E-state index in [2.05, 4.69) is 25.1 Å². The van der Waals surface area contributed by atoms with Crippen LogP contribution < -0.4 is 11.1 Å². The predicted molar refractivity (Wildman–Crippen MR) is 125 cm³/mol. The lowest BCUT2D eigenvalue weighted by molar-refractivity contribution is -0.122. The summed E-state index contributed by atoms with van der Waals surface area (Å²) < 4.78 is 28.6. The molecule has 2 aromatic rings. The van der Waals surface area contributed by atoms with E-state index in [4.69, 9.17) is 26.8 Å². The van der Waals surface area contributed by atoms with Crippen LogP contribution in [0.5, 0.6) is 0 Å². The number of anilines is 1.